The Labute approximate surface area is 125 Å². The van der Waals surface area contributed by atoms with Gasteiger partial charge >= 0.3 is 0 Å². The van der Waals surface area contributed by atoms with E-state index in [1.165, 1.54) is 5.56 Å². The van der Waals surface area contributed by atoms with Crippen molar-refractivity contribution >= 4 is 11.6 Å². The average Bonchev–Trinajstić information content (AvgIpc) is 2.39. The molecule has 0 aliphatic carbocycles. The van der Waals surface area contributed by atoms with Crippen molar-refractivity contribution in [2.24, 2.45) is 0 Å². The van der Waals surface area contributed by atoms with Gasteiger partial charge in [-0.25, -0.2) is 0 Å². The number of nitrogens with one attached hydrogen (secondary N) is 1. The van der Waals surface area contributed by atoms with Crippen molar-refractivity contribution in [3.05, 3.63) is 58.6 Å². The highest BCUT2D eigenvalue weighted by atomic mass is 35.5. The molecule has 0 spiro atoms. The summed E-state index contributed by atoms with van der Waals surface area (Å²) >= 11 is 6.34. The smallest absolute Gasteiger partial charge is 0.128 e. The Balaban J connectivity index is 2.17. The van der Waals surface area contributed by atoms with Gasteiger partial charge in [0.2, 0.25) is 0 Å². The van der Waals surface area contributed by atoms with E-state index in [2.05, 4.69) is 19.2 Å². The number of aryl methyl sites for hydroxylation is 1. The maximum absolute atomic E-state index is 6.34. The number of benzene rings is 2. The van der Waals surface area contributed by atoms with Gasteiger partial charge in [-0.15, -0.1) is 0 Å². The van der Waals surface area contributed by atoms with Gasteiger partial charge in [-0.3, -0.25) is 0 Å². The van der Waals surface area contributed by atoms with Crippen LogP contribution in [0.1, 0.15) is 31.0 Å². The van der Waals surface area contributed by atoms with Crippen molar-refractivity contribution in [3.63, 3.8) is 0 Å². The second-order valence-electron chi connectivity index (χ2n) is 4.88. The molecular formula is C17H20ClNO. The fourth-order valence-corrected chi connectivity index (χ4v) is 2.49. The van der Waals surface area contributed by atoms with Crippen LogP contribution in [-0.4, -0.2) is 6.54 Å². The molecule has 2 nitrogen and oxygen atoms in total. The van der Waals surface area contributed by atoms with E-state index in [1.54, 1.807) is 0 Å². The standard InChI is InChI=1S/C17H20ClNO/c1-4-19-13(3)16-9-8-15(11-17(16)18)20-14-7-5-6-12(2)10-14/h5-11,13,19H,4H2,1-3H3. The zero-order valence-corrected chi connectivity index (χ0v) is 12.9. The highest BCUT2D eigenvalue weighted by molar-refractivity contribution is 6.31. The lowest BCUT2D eigenvalue weighted by molar-refractivity contribution is 0.481. The molecule has 0 aliphatic heterocycles. The molecule has 0 bridgehead atoms. The molecule has 2 aromatic rings. The molecule has 106 valence electrons. The molecule has 1 unspecified atom stereocenters. The molecule has 1 N–H and O–H groups in total. The van der Waals surface area contributed by atoms with Crippen molar-refractivity contribution in [1.29, 1.82) is 0 Å². The number of hydrogen-bond acceptors (Lipinski definition) is 2. The van der Waals surface area contributed by atoms with E-state index < -0.39 is 0 Å². The third-order valence-electron chi connectivity index (χ3n) is 3.17. The van der Waals surface area contributed by atoms with Gasteiger partial charge in [0, 0.05) is 11.1 Å². The first-order chi connectivity index (χ1) is 9.60. The number of ether oxygens (including phenoxy) is 1. The van der Waals surface area contributed by atoms with E-state index in [1.807, 2.05) is 49.4 Å². The molecule has 1 atom stereocenters. The molecule has 0 heterocycles. The molecule has 0 saturated heterocycles. The fraction of sp³-hybridized carbons (Fsp3) is 0.294. The maximum Gasteiger partial charge on any atom is 0.128 e. The van der Waals surface area contributed by atoms with E-state index in [4.69, 9.17) is 16.3 Å². The van der Waals surface area contributed by atoms with Gasteiger partial charge in [-0.05, 0) is 55.8 Å². The predicted molar refractivity (Wildman–Crippen MR) is 84.8 cm³/mol. The lowest BCUT2D eigenvalue weighted by atomic mass is 10.1. The van der Waals surface area contributed by atoms with E-state index in [9.17, 15) is 0 Å². The molecule has 0 aromatic heterocycles. The van der Waals surface area contributed by atoms with Gasteiger partial charge in [0.15, 0.2) is 0 Å². The van der Waals surface area contributed by atoms with Crippen molar-refractivity contribution in [1.82, 2.24) is 5.32 Å². The molecule has 3 heteroatoms. The van der Waals surface area contributed by atoms with Crippen LogP contribution in [0, 0.1) is 6.92 Å². The minimum Gasteiger partial charge on any atom is -0.457 e. The number of rotatable bonds is 5. The summed E-state index contributed by atoms with van der Waals surface area (Å²) in [5.74, 6) is 1.58. The zero-order valence-electron chi connectivity index (χ0n) is 12.1. The molecule has 2 aromatic carbocycles. The maximum atomic E-state index is 6.34. The van der Waals surface area contributed by atoms with Crippen molar-refractivity contribution < 1.29 is 4.74 Å². The van der Waals surface area contributed by atoms with Gasteiger partial charge in [-0.1, -0.05) is 36.7 Å². The minimum absolute atomic E-state index is 0.237. The average molecular weight is 290 g/mol. The van der Waals surface area contributed by atoms with E-state index in [0.29, 0.717) is 0 Å². The Hall–Kier alpha value is -1.51. The molecule has 0 saturated carbocycles. The molecule has 20 heavy (non-hydrogen) atoms. The summed E-state index contributed by atoms with van der Waals surface area (Å²) in [7, 11) is 0. The first kappa shape index (κ1) is 14.9. The molecule has 0 aliphatic rings. The first-order valence-electron chi connectivity index (χ1n) is 6.87. The molecule has 0 fully saturated rings. The van der Waals surface area contributed by atoms with Crippen LogP contribution in [0.15, 0.2) is 42.5 Å². The normalized spacial score (nSPS) is 12.2. The van der Waals surface area contributed by atoms with Crippen LogP contribution in [0.2, 0.25) is 5.02 Å². The predicted octanol–water partition coefficient (Wildman–Crippen LogP) is 5.11. The van der Waals surface area contributed by atoms with Crippen LogP contribution in [0.4, 0.5) is 0 Å². The van der Waals surface area contributed by atoms with Crippen LogP contribution in [0.25, 0.3) is 0 Å². The summed E-state index contributed by atoms with van der Waals surface area (Å²) in [6.07, 6.45) is 0. The SMILES string of the molecule is CCNC(C)c1ccc(Oc2cccc(C)c2)cc1Cl. The second-order valence-corrected chi connectivity index (χ2v) is 5.29. The molecular weight excluding hydrogens is 270 g/mol. The van der Waals surface area contributed by atoms with Crippen LogP contribution >= 0.6 is 11.6 Å². The van der Waals surface area contributed by atoms with Crippen molar-refractivity contribution in [2.75, 3.05) is 6.54 Å². The van der Waals surface area contributed by atoms with Crippen LogP contribution in [0.3, 0.4) is 0 Å². The van der Waals surface area contributed by atoms with Crippen LogP contribution in [0.5, 0.6) is 11.5 Å². The van der Waals surface area contributed by atoms with Crippen molar-refractivity contribution in [2.45, 2.75) is 26.8 Å². The number of halogens is 1. The topological polar surface area (TPSA) is 21.3 Å². The third-order valence-corrected chi connectivity index (χ3v) is 3.50. The third kappa shape index (κ3) is 3.75. The lowest BCUT2D eigenvalue weighted by Gasteiger charge is -2.15. The number of hydrogen-bond donors (Lipinski definition) is 1. The Morgan fingerprint density at radius 1 is 1.15 bits per heavy atom. The van der Waals surface area contributed by atoms with Gasteiger partial charge in [0.1, 0.15) is 11.5 Å². The van der Waals surface area contributed by atoms with Gasteiger partial charge < -0.3 is 10.1 Å². The highest BCUT2D eigenvalue weighted by Crippen LogP contribution is 2.30. The summed E-state index contributed by atoms with van der Waals surface area (Å²) in [5.41, 5.74) is 2.26. The molecule has 0 amide bonds. The fourth-order valence-electron chi connectivity index (χ4n) is 2.15. The van der Waals surface area contributed by atoms with Crippen LogP contribution in [-0.2, 0) is 0 Å². The monoisotopic (exact) mass is 289 g/mol. The molecule has 2 rings (SSSR count). The Bertz CT molecular complexity index is 583. The quantitative estimate of drug-likeness (QED) is 0.826. The van der Waals surface area contributed by atoms with Crippen molar-refractivity contribution in [3.8, 4) is 11.5 Å². The summed E-state index contributed by atoms with van der Waals surface area (Å²) in [6, 6.07) is 14.0. The second kappa shape index (κ2) is 6.78. The summed E-state index contributed by atoms with van der Waals surface area (Å²) in [6.45, 7) is 7.14. The Morgan fingerprint density at radius 3 is 2.55 bits per heavy atom. The Morgan fingerprint density at radius 2 is 1.90 bits per heavy atom. The highest BCUT2D eigenvalue weighted by Gasteiger charge is 2.09. The zero-order chi connectivity index (χ0) is 14.5. The van der Waals surface area contributed by atoms with E-state index >= 15 is 0 Å². The van der Waals surface area contributed by atoms with Gasteiger partial charge in [0.25, 0.3) is 0 Å². The van der Waals surface area contributed by atoms with Crippen LogP contribution < -0.4 is 10.1 Å². The largest absolute Gasteiger partial charge is 0.457 e. The summed E-state index contributed by atoms with van der Waals surface area (Å²) < 4.78 is 5.83. The molecule has 0 radical (unpaired) electrons. The van der Waals surface area contributed by atoms with E-state index in [0.717, 1.165) is 28.6 Å². The van der Waals surface area contributed by atoms with E-state index in [-0.39, 0.29) is 6.04 Å². The van der Waals surface area contributed by atoms with Gasteiger partial charge in [-0.2, -0.15) is 0 Å². The summed E-state index contributed by atoms with van der Waals surface area (Å²) in [5, 5.41) is 4.08. The first-order valence-corrected chi connectivity index (χ1v) is 7.25. The lowest BCUT2D eigenvalue weighted by Crippen LogP contribution is -2.17. The Kier molecular flexibility index (Phi) is 5.05. The summed E-state index contributed by atoms with van der Waals surface area (Å²) in [4.78, 5) is 0. The minimum atomic E-state index is 0.237. The van der Waals surface area contributed by atoms with Gasteiger partial charge in [0.05, 0.1) is 0 Å².